The Morgan fingerprint density at radius 1 is 1.86 bits per heavy atom. The van der Waals surface area contributed by atoms with Gasteiger partial charge in [-0.1, -0.05) is 18.7 Å². The van der Waals surface area contributed by atoms with Crippen molar-refractivity contribution in [3.63, 3.8) is 0 Å². The molecule has 0 aliphatic heterocycles. The van der Waals surface area contributed by atoms with Gasteiger partial charge in [0.15, 0.2) is 4.34 Å². The SMILES string of the molecule is CCNC(CSc1ncns1)C(=O)O. The zero-order chi connectivity index (χ0) is 10.4. The number of thioether (sulfide) groups is 1. The Hall–Kier alpha value is -0.660. The number of carbonyl (C=O) groups is 1. The molecule has 0 amide bonds. The molecule has 1 unspecified atom stereocenters. The Morgan fingerprint density at radius 2 is 2.64 bits per heavy atom. The number of hydrogen-bond donors (Lipinski definition) is 2. The van der Waals surface area contributed by atoms with Gasteiger partial charge in [-0.05, 0) is 18.1 Å². The minimum absolute atomic E-state index is 0.471. The van der Waals surface area contributed by atoms with Crippen LogP contribution in [0.5, 0.6) is 0 Å². The number of carboxylic acid groups (broad SMARTS) is 1. The van der Waals surface area contributed by atoms with Crippen molar-refractivity contribution in [2.24, 2.45) is 0 Å². The largest absolute Gasteiger partial charge is 0.480 e. The van der Waals surface area contributed by atoms with Gasteiger partial charge in [0.25, 0.3) is 0 Å². The molecule has 7 heteroatoms. The van der Waals surface area contributed by atoms with Gasteiger partial charge in [-0.2, -0.15) is 4.37 Å². The third kappa shape index (κ3) is 3.60. The molecule has 0 aliphatic rings. The smallest absolute Gasteiger partial charge is 0.321 e. The summed E-state index contributed by atoms with van der Waals surface area (Å²) in [4.78, 5) is 14.7. The van der Waals surface area contributed by atoms with E-state index < -0.39 is 12.0 Å². The van der Waals surface area contributed by atoms with Crippen LogP contribution in [0.25, 0.3) is 0 Å². The Balaban J connectivity index is 2.37. The van der Waals surface area contributed by atoms with Gasteiger partial charge >= 0.3 is 5.97 Å². The summed E-state index contributed by atoms with van der Waals surface area (Å²) >= 11 is 2.68. The Bertz CT molecular complexity index is 278. The number of hydrogen-bond acceptors (Lipinski definition) is 6. The number of nitrogens with one attached hydrogen (secondary N) is 1. The fraction of sp³-hybridized carbons (Fsp3) is 0.571. The van der Waals surface area contributed by atoms with E-state index in [9.17, 15) is 4.79 Å². The second kappa shape index (κ2) is 5.94. The fourth-order valence-electron chi connectivity index (χ4n) is 0.845. The molecule has 0 saturated carbocycles. The first-order valence-corrected chi connectivity index (χ1v) is 5.85. The minimum atomic E-state index is -0.830. The van der Waals surface area contributed by atoms with Crippen LogP contribution in [-0.2, 0) is 4.79 Å². The lowest BCUT2D eigenvalue weighted by Crippen LogP contribution is -2.38. The molecule has 78 valence electrons. The molecule has 0 spiro atoms. The van der Waals surface area contributed by atoms with Crippen LogP contribution in [0.1, 0.15) is 6.92 Å². The minimum Gasteiger partial charge on any atom is -0.480 e. The average molecular weight is 233 g/mol. The molecule has 0 bridgehead atoms. The van der Waals surface area contributed by atoms with Gasteiger partial charge in [-0.15, -0.1) is 0 Å². The highest BCUT2D eigenvalue weighted by Crippen LogP contribution is 2.18. The van der Waals surface area contributed by atoms with Crippen LogP contribution < -0.4 is 5.32 Å². The first kappa shape index (κ1) is 11.4. The van der Waals surface area contributed by atoms with E-state index in [4.69, 9.17) is 5.11 Å². The summed E-state index contributed by atoms with van der Waals surface area (Å²) in [6.07, 6.45) is 1.47. The molecule has 1 atom stereocenters. The summed E-state index contributed by atoms with van der Waals surface area (Å²) in [5.41, 5.74) is 0. The van der Waals surface area contributed by atoms with Gasteiger partial charge in [0, 0.05) is 5.75 Å². The lowest BCUT2D eigenvalue weighted by molar-refractivity contribution is -0.138. The summed E-state index contributed by atoms with van der Waals surface area (Å²) in [7, 11) is 0. The molecule has 14 heavy (non-hydrogen) atoms. The quantitative estimate of drug-likeness (QED) is 0.704. The zero-order valence-corrected chi connectivity index (χ0v) is 9.27. The molecule has 1 rings (SSSR count). The van der Waals surface area contributed by atoms with Gasteiger partial charge in [-0.25, -0.2) is 4.98 Å². The molecule has 1 heterocycles. The van der Waals surface area contributed by atoms with Crippen LogP contribution in [0.4, 0.5) is 0 Å². The van der Waals surface area contributed by atoms with Gasteiger partial charge < -0.3 is 10.4 Å². The summed E-state index contributed by atoms with van der Waals surface area (Å²) in [5, 5.41) is 11.7. The molecule has 0 fully saturated rings. The van der Waals surface area contributed by atoms with Crippen molar-refractivity contribution in [3.05, 3.63) is 6.33 Å². The summed E-state index contributed by atoms with van der Waals surface area (Å²) in [5.74, 6) is -0.359. The highest BCUT2D eigenvalue weighted by molar-refractivity contribution is 8.01. The predicted octanol–water partition coefficient (Wildman–Crippen LogP) is 0.693. The molecule has 2 N–H and O–H groups in total. The maximum atomic E-state index is 10.7. The van der Waals surface area contributed by atoms with E-state index in [0.717, 1.165) is 4.34 Å². The second-order valence-electron chi connectivity index (χ2n) is 2.47. The van der Waals surface area contributed by atoms with Gasteiger partial charge in [-0.3, -0.25) is 4.79 Å². The number of carboxylic acids is 1. The third-order valence-electron chi connectivity index (χ3n) is 1.46. The Kier molecular flexibility index (Phi) is 4.85. The van der Waals surface area contributed by atoms with Gasteiger partial charge in [0.1, 0.15) is 12.4 Å². The van der Waals surface area contributed by atoms with E-state index >= 15 is 0 Å². The Labute approximate surface area is 90.1 Å². The van der Waals surface area contributed by atoms with E-state index in [-0.39, 0.29) is 0 Å². The molecular formula is C7H11N3O2S2. The van der Waals surface area contributed by atoms with Crippen molar-refractivity contribution in [1.82, 2.24) is 14.7 Å². The van der Waals surface area contributed by atoms with E-state index in [0.29, 0.717) is 12.3 Å². The first-order valence-electron chi connectivity index (χ1n) is 4.09. The summed E-state index contributed by atoms with van der Waals surface area (Å²) < 4.78 is 4.63. The van der Waals surface area contributed by atoms with Crippen molar-refractivity contribution in [2.75, 3.05) is 12.3 Å². The van der Waals surface area contributed by atoms with E-state index in [1.807, 2.05) is 6.92 Å². The lowest BCUT2D eigenvalue weighted by Gasteiger charge is -2.10. The van der Waals surface area contributed by atoms with E-state index in [2.05, 4.69) is 14.7 Å². The molecule has 1 aromatic rings. The second-order valence-corrected chi connectivity index (χ2v) is 4.51. The molecular weight excluding hydrogens is 222 g/mol. The maximum Gasteiger partial charge on any atom is 0.321 e. The van der Waals surface area contributed by atoms with E-state index in [1.165, 1.54) is 29.6 Å². The highest BCUT2D eigenvalue weighted by Gasteiger charge is 2.16. The lowest BCUT2D eigenvalue weighted by atomic mass is 10.3. The standard InChI is InChI=1S/C7H11N3O2S2/c1-2-8-5(6(11)12)3-13-7-9-4-10-14-7/h4-5,8H,2-3H2,1H3,(H,11,12). The first-order chi connectivity index (χ1) is 6.74. The van der Waals surface area contributed by atoms with Crippen LogP contribution in [0.2, 0.25) is 0 Å². The molecule has 0 saturated heterocycles. The van der Waals surface area contributed by atoms with Crippen LogP contribution in [0, 0.1) is 0 Å². The normalized spacial score (nSPS) is 12.6. The topological polar surface area (TPSA) is 75.1 Å². The monoisotopic (exact) mass is 233 g/mol. The van der Waals surface area contributed by atoms with Crippen LogP contribution in [-0.4, -0.2) is 38.8 Å². The zero-order valence-electron chi connectivity index (χ0n) is 7.64. The fourth-order valence-corrected chi connectivity index (χ4v) is 2.36. The van der Waals surface area contributed by atoms with Crippen LogP contribution >= 0.6 is 23.3 Å². The summed E-state index contributed by atoms with van der Waals surface area (Å²) in [6.45, 7) is 2.53. The maximum absolute atomic E-state index is 10.7. The number of likely N-dealkylation sites (N-methyl/N-ethyl adjacent to an activating group) is 1. The Morgan fingerprint density at radius 3 is 3.14 bits per heavy atom. The number of aliphatic carboxylic acids is 1. The highest BCUT2D eigenvalue weighted by atomic mass is 32.2. The molecule has 1 aromatic heterocycles. The molecule has 0 radical (unpaired) electrons. The number of nitrogens with zero attached hydrogens (tertiary/aromatic N) is 2. The average Bonchev–Trinajstić information content (AvgIpc) is 2.64. The van der Waals surface area contributed by atoms with Crippen molar-refractivity contribution in [2.45, 2.75) is 17.3 Å². The molecule has 5 nitrogen and oxygen atoms in total. The number of rotatable bonds is 6. The predicted molar refractivity (Wildman–Crippen MR) is 55.7 cm³/mol. The molecule has 0 aromatic carbocycles. The van der Waals surface area contributed by atoms with E-state index in [1.54, 1.807) is 0 Å². The van der Waals surface area contributed by atoms with Crippen molar-refractivity contribution < 1.29 is 9.90 Å². The summed E-state index contributed by atoms with van der Waals surface area (Å²) in [6, 6.07) is -0.520. The molecule has 0 aliphatic carbocycles. The van der Waals surface area contributed by atoms with Crippen molar-refractivity contribution in [1.29, 1.82) is 0 Å². The third-order valence-corrected chi connectivity index (χ3v) is 3.35. The van der Waals surface area contributed by atoms with Crippen molar-refractivity contribution >= 4 is 29.3 Å². The van der Waals surface area contributed by atoms with Gasteiger partial charge in [0.2, 0.25) is 0 Å². The van der Waals surface area contributed by atoms with Gasteiger partial charge in [0.05, 0.1) is 0 Å². The van der Waals surface area contributed by atoms with Crippen LogP contribution in [0.3, 0.4) is 0 Å². The van der Waals surface area contributed by atoms with Crippen molar-refractivity contribution in [3.8, 4) is 0 Å². The number of aromatic nitrogens is 2. The van der Waals surface area contributed by atoms with Crippen LogP contribution in [0.15, 0.2) is 10.7 Å².